The summed E-state index contributed by atoms with van der Waals surface area (Å²) in [4.78, 5) is 37.2. The Bertz CT molecular complexity index is 1240. The van der Waals surface area contributed by atoms with Gasteiger partial charge in [-0.2, -0.15) is 0 Å². The van der Waals surface area contributed by atoms with Crippen LogP contribution in [0.5, 0.6) is 5.75 Å². The molecule has 0 saturated carbocycles. The first-order valence-corrected chi connectivity index (χ1v) is 11.6. The fourth-order valence-corrected chi connectivity index (χ4v) is 4.69. The Labute approximate surface area is 201 Å². The van der Waals surface area contributed by atoms with Crippen LogP contribution < -0.4 is 15.4 Å². The number of rotatable bonds is 7. The van der Waals surface area contributed by atoms with Crippen LogP contribution in [-0.2, 0) is 14.3 Å². The highest BCUT2D eigenvalue weighted by Gasteiger charge is 2.25. The van der Waals surface area contributed by atoms with Crippen molar-refractivity contribution in [1.82, 2.24) is 0 Å². The molecule has 0 spiro atoms. The van der Waals surface area contributed by atoms with E-state index >= 15 is 0 Å². The molecular weight excluding hydrogens is 464 g/mol. The van der Waals surface area contributed by atoms with Crippen molar-refractivity contribution in [3.63, 3.8) is 0 Å². The van der Waals surface area contributed by atoms with Crippen molar-refractivity contribution in [2.24, 2.45) is 0 Å². The summed E-state index contributed by atoms with van der Waals surface area (Å²) in [5, 5.41) is 7.05. The molecule has 3 aromatic rings. The van der Waals surface area contributed by atoms with Crippen LogP contribution in [0.1, 0.15) is 42.3 Å². The molecule has 0 saturated heterocycles. The van der Waals surface area contributed by atoms with Gasteiger partial charge in [-0.3, -0.25) is 9.59 Å². The van der Waals surface area contributed by atoms with E-state index in [1.807, 2.05) is 13.8 Å². The minimum atomic E-state index is -0.843. The zero-order valence-electron chi connectivity index (χ0n) is 19.0. The molecule has 0 bridgehead atoms. The predicted octanol–water partition coefficient (Wildman–Crippen LogP) is 5.71. The van der Waals surface area contributed by atoms with Crippen molar-refractivity contribution >= 4 is 61.5 Å². The summed E-state index contributed by atoms with van der Waals surface area (Å²) < 4.78 is 11.9. The topological polar surface area (TPSA) is 93.7 Å². The zero-order valence-corrected chi connectivity index (χ0v) is 20.6. The maximum Gasteiger partial charge on any atom is 0.341 e. The molecule has 0 aliphatic carbocycles. The first kappa shape index (κ1) is 24.5. The molecule has 2 amide bonds. The van der Waals surface area contributed by atoms with Crippen molar-refractivity contribution < 1.29 is 23.9 Å². The number of carbonyl (C=O) groups is 3. The van der Waals surface area contributed by atoms with Gasteiger partial charge >= 0.3 is 5.97 Å². The number of ether oxygens (including phenoxy) is 2. The fraction of sp³-hybridized carbons (Fsp3) is 0.292. The van der Waals surface area contributed by atoms with Gasteiger partial charge in [0.2, 0.25) is 5.91 Å². The Hall–Kier alpha value is -3.10. The predicted molar refractivity (Wildman–Crippen MR) is 132 cm³/mol. The van der Waals surface area contributed by atoms with Crippen LogP contribution in [0.3, 0.4) is 0 Å². The molecule has 33 heavy (non-hydrogen) atoms. The summed E-state index contributed by atoms with van der Waals surface area (Å²) in [5.41, 5.74) is 2.41. The van der Waals surface area contributed by atoms with Crippen molar-refractivity contribution in [2.45, 2.75) is 40.7 Å². The number of hydrogen-bond donors (Lipinski definition) is 2. The van der Waals surface area contributed by atoms with Gasteiger partial charge in [0.15, 0.2) is 6.10 Å². The summed E-state index contributed by atoms with van der Waals surface area (Å²) in [6.07, 6.45) is -0.843. The molecule has 0 radical (unpaired) electrons. The normalized spacial score (nSPS) is 11.7. The number of thiophene rings is 1. The van der Waals surface area contributed by atoms with E-state index in [1.54, 1.807) is 44.2 Å². The van der Waals surface area contributed by atoms with Gasteiger partial charge in [0, 0.05) is 23.0 Å². The van der Waals surface area contributed by atoms with Gasteiger partial charge < -0.3 is 20.1 Å². The third-order valence-electron chi connectivity index (χ3n) is 4.97. The van der Waals surface area contributed by atoms with E-state index in [0.717, 1.165) is 11.1 Å². The third-order valence-corrected chi connectivity index (χ3v) is 6.50. The second-order valence-corrected chi connectivity index (χ2v) is 8.89. The molecule has 1 heterocycles. The number of fused-ring (bicyclic) bond motifs is 1. The molecule has 3 rings (SSSR count). The molecule has 7 nitrogen and oxygen atoms in total. The minimum Gasteiger partial charge on any atom is -0.479 e. The molecule has 1 aromatic heterocycles. The molecule has 2 aromatic carbocycles. The third kappa shape index (κ3) is 5.29. The number of hydrogen-bond acceptors (Lipinski definition) is 6. The van der Waals surface area contributed by atoms with Gasteiger partial charge in [-0.15, -0.1) is 11.3 Å². The highest BCUT2D eigenvalue weighted by molar-refractivity contribution is 7.24. The minimum absolute atomic E-state index is 0.199. The van der Waals surface area contributed by atoms with Gasteiger partial charge in [-0.25, -0.2) is 4.79 Å². The van der Waals surface area contributed by atoms with Crippen LogP contribution >= 0.6 is 22.9 Å². The van der Waals surface area contributed by atoms with Gasteiger partial charge in [0.05, 0.1) is 11.3 Å². The highest BCUT2D eigenvalue weighted by Crippen LogP contribution is 2.43. The van der Waals surface area contributed by atoms with Gasteiger partial charge in [0.1, 0.15) is 16.3 Å². The number of amides is 2. The number of benzene rings is 2. The lowest BCUT2D eigenvalue weighted by Gasteiger charge is -2.18. The Morgan fingerprint density at radius 1 is 1.12 bits per heavy atom. The Kier molecular flexibility index (Phi) is 7.61. The maximum atomic E-state index is 12.8. The van der Waals surface area contributed by atoms with Crippen LogP contribution in [0.25, 0.3) is 10.1 Å². The number of esters is 1. The summed E-state index contributed by atoms with van der Waals surface area (Å²) >= 11 is 7.35. The fourth-order valence-electron chi connectivity index (χ4n) is 3.24. The lowest BCUT2D eigenvalue weighted by molar-refractivity contribution is -0.122. The number of carbonyl (C=O) groups excluding carboxylic acids is 3. The molecule has 174 valence electrons. The molecule has 0 aliphatic rings. The summed E-state index contributed by atoms with van der Waals surface area (Å²) in [5.74, 6) is -0.730. The Balaban J connectivity index is 1.97. The van der Waals surface area contributed by atoms with E-state index in [0.29, 0.717) is 31.5 Å². The van der Waals surface area contributed by atoms with Crippen LogP contribution in [-0.4, -0.2) is 30.5 Å². The monoisotopic (exact) mass is 488 g/mol. The van der Waals surface area contributed by atoms with E-state index in [1.165, 1.54) is 18.3 Å². The SMILES string of the molecule is CCOC(=O)c1c(NC(C)=O)sc2c(OC(C)C(=O)Nc3cccc(Cl)c3C)c(C)ccc12. The van der Waals surface area contributed by atoms with E-state index in [-0.39, 0.29) is 24.0 Å². The van der Waals surface area contributed by atoms with Crippen molar-refractivity contribution in [3.05, 3.63) is 52.0 Å². The standard InChI is InChI=1S/C24H25ClN2O5S/c1-6-31-24(30)19-16-11-10-12(2)20(21(16)33-23(19)26-15(5)28)32-14(4)22(29)27-18-9-7-8-17(25)13(18)3/h7-11,14H,6H2,1-5H3,(H,26,28)(H,27,29). The summed E-state index contributed by atoms with van der Waals surface area (Å²) in [6, 6.07) is 8.86. The first-order valence-electron chi connectivity index (χ1n) is 10.4. The van der Waals surface area contributed by atoms with Crippen molar-refractivity contribution in [2.75, 3.05) is 17.2 Å². The second-order valence-electron chi connectivity index (χ2n) is 7.46. The molecule has 1 atom stereocenters. The maximum absolute atomic E-state index is 12.8. The smallest absolute Gasteiger partial charge is 0.341 e. The summed E-state index contributed by atoms with van der Waals surface area (Å²) in [6.45, 7) is 8.59. The second kappa shape index (κ2) is 10.2. The van der Waals surface area contributed by atoms with Gasteiger partial charge in [-0.05, 0) is 51.0 Å². The lowest BCUT2D eigenvalue weighted by Crippen LogP contribution is -2.30. The largest absolute Gasteiger partial charge is 0.479 e. The number of halogens is 1. The van der Waals surface area contributed by atoms with Crippen LogP contribution in [0.2, 0.25) is 5.02 Å². The Morgan fingerprint density at radius 3 is 2.52 bits per heavy atom. The van der Waals surface area contributed by atoms with E-state index in [2.05, 4.69) is 10.6 Å². The number of nitrogens with one attached hydrogen (secondary N) is 2. The molecule has 9 heteroatoms. The van der Waals surface area contributed by atoms with Gasteiger partial charge in [-0.1, -0.05) is 29.8 Å². The van der Waals surface area contributed by atoms with E-state index in [9.17, 15) is 14.4 Å². The van der Waals surface area contributed by atoms with Crippen LogP contribution in [0.4, 0.5) is 10.7 Å². The molecule has 1 unspecified atom stereocenters. The lowest BCUT2D eigenvalue weighted by atomic mass is 10.1. The van der Waals surface area contributed by atoms with E-state index < -0.39 is 12.1 Å². The number of aryl methyl sites for hydroxylation is 1. The van der Waals surface area contributed by atoms with E-state index in [4.69, 9.17) is 21.1 Å². The quantitative estimate of drug-likeness (QED) is 0.415. The van der Waals surface area contributed by atoms with Crippen molar-refractivity contribution in [1.29, 1.82) is 0 Å². The van der Waals surface area contributed by atoms with Crippen LogP contribution in [0, 0.1) is 13.8 Å². The molecule has 0 fully saturated rings. The Morgan fingerprint density at radius 2 is 1.85 bits per heavy atom. The molecule has 0 aliphatic heterocycles. The molecule has 2 N–H and O–H groups in total. The average Bonchev–Trinajstić information content (AvgIpc) is 3.11. The number of anilines is 2. The first-order chi connectivity index (χ1) is 15.6. The molecular formula is C24H25ClN2O5S. The average molecular weight is 489 g/mol. The van der Waals surface area contributed by atoms with Crippen molar-refractivity contribution in [3.8, 4) is 5.75 Å². The van der Waals surface area contributed by atoms with Gasteiger partial charge in [0.25, 0.3) is 5.91 Å². The van der Waals surface area contributed by atoms with Crippen LogP contribution in [0.15, 0.2) is 30.3 Å². The highest BCUT2D eigenvalue weighted by atomic mass is 35.5. The summed E-state index contributed by atoms with van der Waals surface area (Å²) in [7, 11) is 0. The zero-order chi connectivity index (χ0) is 24.3.